The van der Waals surface area contributed by atoms with Gasteiger partial charge in [0.1, 0.15) is 11.8 Å². The third-order valence-corrected chi connectivity index (χ3v) is 3.28. The number of aryl methyl sites for hydroxylation is 1. The van der Waals surface area contributed by atoms with Gasteiger partial charge in [-0.25, -0.2) is 4.79 Å². The molecule has 2 rings (SSSR count). The first-order valence-electron chi connectivity index (χ1n) is 7.09. The Balaban J connectivity index is 2.37. The maximum absolute atomic E-state index is 11.7. The first kappa shape index (κ1) is 14.9. The van der Waals surface area contributed by atoms with E-state index in [0.717, 1.165) is 29.5 Å². The van der Waals surface area contributed by atoms with Gasteiger partial charge in [0.05, 0.1) is 12.2 Å². The lowest BCUT2D eigenvalue weighted by Crippen LogP contribution is -2.04. The molecule has 0 aliphatic rings. The molecule has 1 aromatic heterocycles. The van der Waals surface area contributed by atoms with E-state index >= 15 is 0 Å². The van der Waals surface area contributed by atoms with E-state index < -0.39 is 0 Å². The number of carbonyl (C=O) groups excluding carboxylic acids is 1. The molecule has 0 amide bonds. The van der Waals surface area contributed by atoms with Crippen molar-refractivity contribution in [2.75, 3.05) is 6.61 Å². The van der Waals surface area contributed by atoms with E-state index in [1.165, 1.54) is 0 Å². The molecular formula is C17H18N2O2. The number of carbonyl (C=O) groups is 1. The van der Waals surface area contributed by atoms with Crippen molar-refractivity contribution in [3.63, 3.8) is 0 Å². The number of H-pyrrole nitrogens is 1. The van der Waals surface area contributed by atoms with Gasteiger partial charge in [0.15, 0.2) is 0 Å². The minimum Gasteiger partial charge on any atom is -0.462 e. The van der Waals surface area contributed by atoms with Gasteiger partial charge in [0.2, 0.25) is 0 Å². The van der Waals surface area contributed by atoms with Gasteiger partial charge in [0, 0.05) is 11.8 Å². The first-order chi connectivity index (χ1) is 10.2. The topological polar surface area (TPSA) is 65.9 Å². The van der Waals surface area contributed by atoms with Crippen LogP contribution in [0, 0.1) is 11.3 Å². The van der Waals surface area contributed by atoms with Crippen LogP contribution in [0.1, 0.15) is 41.9 Å². The van der Waals surface area contributed by atoms with Crippen molar-refractivity contribution < 1.29 is 9.53 Å². The number of hydrogen-bond donors (Lipinski definition) is 1. The Morgan fingerprint density at radius 2 is 2.00 bits per heavy atom. The van der Waals surface area contributed by atoms with Gasteiger partial charge in [-0.05, 0) is 36.6 Å². The molecule has 21 heavy (non-hydrogen) atoms. The normalized spacial score (nSPS) is 10.1. The SMILES string of the molecule is CCCc1c[nH]c(C#N)c1-c1ccc(C(=O)OCC)cc1. The Morgan fingerprint density at radius 3 is 2.57 bits per heavy atom. The number of ether oxygens (including phenoxy) is 1. The molecule has 0 radical (unpaired) electrons. The summed E-state index contributed by atoms with van der Waals surface area (Å²) in [4.78, 5) is 14.7. The van der Waals surface area contributed by atoms with Gasteiger partial charge in [-0.15, -0.1) is 0 Å². The van der Waals surface area contributed by atoms with Crippen LogP contribution >= 0.6 is 0 Å². The lowest BCUT2D eigenvalue weighted by atomic mass is 9.98. The van der Waals surface area contributed by atoms with Crippen molar-refractivity contribution >= 4 is 5.97 Å². The summed E-state index contributed by atoms with van der Waals surface area (Å²) >= 11 is 0. The van der Waals surface area contributed by atoms with Crippen LogP contribution in [-0.2, 0) is 11.2 Å². The zero-order chi connectivity index (χ0) is 15.2. The third-order valence-electron chi connectivity index (χ3n) is 3.28. The molecule has 1 heterocycles. The third kappa shape index (κ3) is 3.14. The fourth-order valence-electron chi connectivity index (χ4n) is 2.34. The molecule has 0 fully saturated rings. The van der Waals surface area contributed by atoms with Crippen molar-refractivity contribution in [3.05, 3.63) is 47.3 Å². The highest BCUT2D eigenvalue weighted by Crippen LogP contribution is 2.28. The zero-order valence-corrected chi connectivity index (χ0v) is 12.3. The van der Waals surface area contributed by atoms with Crippen LogP contribution in [0.25, 0.3) is 11.1 Å². The lowest BCUT2D eigenvalue weighted by molar-refractivity contribution is 0.0526. The van der Waals surface area contributed by atoms with Crippen LogP contribution in [0.3, 0.4) is 0 Å². The highest BCUT2D eigenvalue weighted by Gasteiger charge is 2.13. The van der Waals surface area contributed by atoms with Gasteiger partial charge in [0.25, 0.3) is 0 Å². The monoisotopic (exact) mass is 282 g/mol. The van der Waals surface area contributed by atoms with Gasteiger partial charge in [-0.2, -0.15) is 5.26 Å². The average molecular weight is 282 g/mol. The van der Waals surface area contributed by atoms with Gasteiger partial charge in [-0.1, -0.05) is 25.5 Å². The summed E-state index contributed by atoms with van der Waals surface area (Å²) < 4.78 is 4.97. The van der Waals surface area contributed by atoms with Crippen LogP contribution in [-0.4, -0.2) is 17.6 Å². The number of aromatic amines is 1. The number of rotatable bonds is 5. The molecule has 2 aromatic rings. The quantitative estimate of drug-likeness (QED) is 0.851. The van der Waals surface area contributed by atoms with Gasteiger partial charge in [-0.3, -0.25) is 0 Å². The molecule has 0 saturated carbocycles. The Hall–Kier alpha value is -2.54. The average Bonchev–Trinajstić information content (AvgIpc) is 2.91. The largest absolute Gasteiger partial charge is 0.462 e. The van der Waals surface area contributed by atoms with Gasteiger partial charge >= 0.3 is 5.97 Å². The number of nitrogens with zero attached hydrogens (tertiary/aromatic N) is 1. The molecule has 0 aliphatic heterocycles. The van der Waals surface area contributed by atoms with E-state index in [0.29, 0.717) is 17.9 Å². The van der Waals surface area contributed by atoms with Crippen molar-refractivity contribution in [3.8, 4) is 17.2 Å². The number of hydrogen-bond acceptors (Lipinski definition) is 3. The maximum Gasteiger partial charge on any atom is 0.338 e. The smallest absolute Gasteiger partial charge is 0.338 e. The standard InChI is InChI=1S/C17H18N2O2/c1-3-5-14-11-19-15(10-18)16(14)12-6-8-13(9-7-12)17(20)21-4-2/h6-9,11,19H,3-5H2,1-2H3. The molecule has 0 aliphatic carbocycles. The van der Waals surface area contributed by atoms with Crippen molar-refractivity contribution in [1.29, 1.82) is 5.26 Å². The summed E-state index contributed by atoms with van der Waals surface area (Å²) in [7, 11) is 0. The molecule has 0 spiro atoms. The minimum atomic E-state index is -0.326. The fourth-order valence-corrected chi connectivity index (χ4v) is 2.34. The summed E-state index contributed by atoms with van der Waals surface area (Å²) in [6, 6.07) is 9.36. The van der Waals surface area contributed by atoms with Crippen LogP contribution in [0.15, 0.2) is 30.5 Å². The Kier molecular flexibility index (Phi) is 4.78. The predicted molar refractivity (Wildman–Crippen MR) is 80.9 cm³/mol. The Labute approximate surface area is 124 Å². The van der Waals surface area contributed by atoms with E-state index in [9.17, 15) is 10.1 Å². The number of esters is 1. The Bertz CT molecular complexity index is 663. The molecule has 0 bridgehead atoms. The van der Waals surface area contributed by atoms with Crippen LogP contribution < -0.4 is 0 Å². The number of benzene rings is 1. The molecule has 0 atom stereocenters. The predicted octanol–water partition coefficient (Wildman–Crippen LogP) is 3.68. The van der Waals surface area contributed by atoms with E-state index in [2.05, 4.69) is 18.0 Å². The second kappa shape index (κ2) is 6.76. The van der Waals surface area contributed by atoms with E-state index in [4.69, 9.17) is 4.74 Å². The van der Waals surface area contributed by atoms with E-state index in [-0.39, 0.29) is 5.97 Å². The first-order valence-corrected chi connectivity index (χ1v) is 7.09. The number of aromatic nitrogens is 1. The van der Waals surface area contributed by atoms with Crippen molar-refractivity contribution in [1.82, 2.24) is 4.98 Å². The molecule has 4 heteroatoms. The summed E-state index contributed by atoms with van der Waals surface area (Å²) in [5, 5.41) is 9.22. The summed E-state index contributed by atoms with van der Waals surface area (Å²) in [5.74, 6) is -0.326. The van der Waals surface area contributed by atoms with Crippen LogP contribution in [0.5, 0.6) is 0 Å². The highest BCUT2D eigenvalue weighted by atomic mass is 16.5. The summed E-state index contributed by atoms with van der Waals surface area (Å²) in [6.07, 6.45) is 3.81. The molecule has 4 nitrogen and oxygen atoms in total. The zero-order valence-electron chi connectivity index (χ0n) is 12.3. The van der Waals surface area contributed by atoms with Crippen LogP contribution in [0.2, 0.25) is 0 Å². The van der Waals surface area contributed by atoms with Crippen molar-refractivity contribution in [2.45, 2.75) is 26.7 Å². The molecular weight excluding hydrogens is 264 g/mol. The second-order valence-corrected chi connectivity index (χ2v) is 4.72. The Morgan fingerprint density at radius 1 is 1.29 bits per heavy atom. The van der Waals surface area contributed by atoms with Gasteiger partial charge < -0.3 is 9.72 Å². The molecule has 108 valence electrons. The van der Waals surface area contributed by atoms with Crippen LogP contribution in [0.4, 0.5) is 0 Å². The summed E-state index contributed by atoms with van der Waals surface area (Å²) in [5.41, 5.74) is 4.06. The minimum absolute atomic E-state index is 0.326. The fraction of sp³-hybridized carbons (Fsp3) is 0.294. The number of nitriles is 1. The maximum atomic E-state index is 11.7. The second-order valence-electron chi connectivity index (χ2n) is 4.72. The molecule has 0 saturated heterocycles. The van der Waals surface area contributed by atoms with E-state index in [1.54, 1.807) is 19.1 Å². The molecule has 1 N–H and O–H groups in total. The highest BCUT2D eigenvalue weighted by molar-refractivity contribution is 5.90. The number of nitrogens with one attached hydrogen (secondary N) is 1. The lowest BCUT2D eigenvalue weighted by Gasteiger charge is -2.06. The van der Waals surface area contributed by atoms with Crippen molar-refractivity contribution in [2.24, 2.45) is 0 Å². The summed E-state index contributed by atoms with van der Waals surface area (Å²) in [6.45, 7) is 4.24. The van der Waals surface area contributed by atoms with E-state index in [1.807, 2.05) is 18.3 Å². The molecule has 0 unspecified atom stereocenters. The molecule has 1 aromatic carbocycles.